The number of rotatable bonds is 5. The minimum atomic E-state index is -0.730. The fourth-order valence-electron chi connectivity index (χ4n) is 2.57. The van der Waals surface area contributed by atoms with Crippen LogP contribution in [0.15, 0.2) is 9.98 Å². The molecule has 1 atom stereocenters. The Balaban J connectivity index is 2.51. The summed E-state index contributed by atoms with van der Waals surface area (Å²) in [6, 6.07) is -0.370. The number of urea groups is 1. The van der Waals surface area contributed by atoms with E-state index in [-0.39, 0.29) is 29.5 Å². The third-order valence-electron chi connectivity index (χ3n) is 4.14. The standard InChI is InChI=1S/C17H26N5O3S/c1-7-8-22-14-12(16(24)21(6)17(22)25)15(19-13(18-14)10(2)3)26-9-11(23)20(4)5/h10,12H,7-9H2,1-6H3/q+1. The zero-order chi connectivity index (χ0) is 19.6. The van der Waals surface area contributed by atoms with E-state index in [4.69, 9.17) is 0 Å². The second kappa shape index (κ2) is 8.11. The molecule has 2 aliphatic heterocycles. The van der Waals surface area contributed by atoms with Gasteiger partial charge in [0.05, 0.1) is 19.3 Å². The summed E-state index contributed by atoms with van der Waals surface area (Å²) in [5.74, 6) is 0.0718. The molecule has 1 unspecified atom stereocenters. The smallest absolute Gasteiger partial charge is 0.348 e. The number of carbonyl (C=O) groups excluding carboxylic acids is 3. The lowest BCUT2D eigenvalue weighted by atomic mass is 10.0. The van der Waals surface area contributed by atoms with Gasteiger partial charge in [-0.2, -0.15) is 9.48 Å². The molecule has 0 bridgehead atoms. The molecular formula is C17H26N5O3S+. The highest BCUT2D eigenvalue weighted by Gasteiger charge is 2.50. The maximum absolute atomic E-state index is 12.8. The summed E-state index contributed by atoms with van der Waals surface area (Å²) >= 11 is 1.24. The van der Waals surface area contributed by atoms with Crippen LogP contribution in [0.3, 0.4) is 0 Å². The molecule has 0 spiro atoms. The molecule has 0 saturated carbocycles. The molecule has 0 N–H and O–H groups in total. The maximum Gasteiger partial charge on any atom is 0.445 e. The lowest BCUT2D eigenvalue weighted by molar-refractivity contribution is -0.440. The highest BCUT2D eigenvalue weighted by atomic mass is 32.2. The van der Waals surface area contributed by atoms with E-state index in [1.165, 1.54) is 23.7 Å². The van der Waals surface area contributed by atoms with E-state index in [0.29, 0.717) is 23.3 Å². The first kappa shape index (κ1) is 20.3. The molecule has 0 aromatic rings. The van der Waals surface area contributed by atoms with Gasteiger partial charge in [-0.1, -0.05) is 37.5 Å². The predicted octanol–water partition coefficient (Wildman–Crippen LogP) is 1.30. The number of fused-ring (bicyclic) bond motifs is 1. The topological polar surface area (TPSA) is 85.4 Å². The largest absolute Gasteiger partial charge is 0.445 e. The van der Waals surface area contributed by atoms with Crippen LogP contribution in [0.2, 0.25) is 0 Å². The van der Waals surface area contributed by atoms with Crippen LogP contribution < -0.4 is 0 Å². The first-order valence-corrected chi connectivity index (χ1v) is 9.63. The van der Waals surface area contributed by atoms with Crippen LogP contribution in [0, 0.1) is 11.8 Å². The van der Waals surface area contributed by atoms with Gasteiger partial charge in [-0.3, -0.25) is 9.59 Å². The molecule has 2 heterocycles. The molecule has 0 aliphatic carbocycles. The summed E-state index contributed by atoms with van der Waals surface area (Å²) < 4.78 is 1.55. The summed E-state index contributed by atoms with van der Waals surface area (Å²) in [5, 5.41) is 0.527. The number of amidine groups is 2. The van der Waals surface area contributed by atoms with E-state index in [9.17, 15) is 14.4 Å². The molecule has 0 aromatic carbocycles. The molecule has 0 saturated heterocycles. The van der Waals surface area contributed by atoms with Crippen molar-refractivity contribution in [2.75, 3.05) is 33.4 Å². The van der Waals surface area contributed by atoms with Crippen molar-refractivity contribution in [2.24, 2.45) is 21.8 Å². The van der Waals surface area contributed by atoms with Crippen molar-refractivity contribution in [1.82, 2.24) is 9.80 Å². The molecule has 2 rings (SSSR count). The Labute approximate surface area is 158 Å². The fraction of sp³-hybridized carbons (Fsp3) is 0.647. The van der Waals surface area contributed by atoms with Gasteiger partial charge < -0.3 is 4.90 Å². The van der Waals surface area contributed by atoms with Crippen LogP contribution >= 0.6 is 11.8 Å². The van der Waals surface area contributed by atoms with E-state index < -0.39 is 5.92 Å². The van der Waals surface area contributed by atoms with Crippen LogP contribution in [0.1, 0.15) is 27.2 Å². The molecule has 26 heavy (non-hydrogen) atoms. The van der Waals surface area contributed by atoms with Gasteiger partial charge in [0, 0.05) is 20.0 Å². The van der Waals surface area contributed by atoms with Gasteiger partial charge in [0.25, 0.3) is 5.84 Å². The van der Waals surface area contributed by atoms with Crippen LogP contribution in [0.4, 0.5) is 4.79 Å². The van der Waals surface area contributed by atoms with Crippen molar-refractivity contribution >= 4 is 46.3 Å². The second-order valence-electron chi connectivity index (χ2n) is 6.77. The number of aliphatic imine (C=N–C) groups is 2. The monoisotopic (exact) mass is 380 g/mol. The van der Waals surface area contributed by atoms with Crippen LogP contribution in [-0.2, 0) is 9.59 Å². The molecule has 0 fully saturated rings. The van der Waals surface area contributed by atoms with Crippen molar-refractivity contribution in [3.8, 4) is 0 Å². The van der Waals surface area contributed by atoms with Gasteiger partial charge in [-0.25, -0.2) is 9.79 Å². The summed E-state index contributed by atoms with van der Waals surface area (Å²) in [6.45, 7) is 6.36. The highest BCUT2D eigenvalue weighted by Crippen LogP contribution is 2.27. The molecular weight excluding hydrogens is 354 g/mol. The first-order valence-electron chi connectivity index (χ1n) is 8.65. The SMILES string of the molecule is CCC[N+]1=C2N=C(C(C)C)N=C(SCC(=O)N(C)C)C2C(=O)N(C)C1=O. The summed E-state index contributed by atoms with van der Waals surface area (Å²) in [4.78, 5) is 49.0. The van der Waals surface area contributed by atoms with Gasteiger partial charge in [0.15, 0.2) is 5.92 Å². The fourth-order valence-corrected chi connectivity index (χ4v) is 3.63. The van der Waals surface area contributed by atoms with Gasteiger partial charge in [-0.15, -0.1) is 0 Å². The first-order chi connectivity index (χ1) is 12.2. The normalized spacial score (nSPS) is 20.3. The third kappa shape index (κ3) is 3.87. The highest BCUT2D eigenvalue weighted by molar-refractivity contribution is 8.14. The Kier molecular flexibility index (Phi) is 6.33. The van der Waals surface area contributed by atoms with Crippen molar-refractivity contribution in [1.29, 1.82) is 0 Å². The lowest BCUT2D eigenvalue weighted by Gasteiger charge is -2.28. The van der Waals surface area contributed by atoms with Crippen molar-refractivity contribution in [3.63, 3.8) is 0 Å². The average Bonchev–Trinajstić information content (AvgIpc) is 2.60. The number of thioether (sulfide) groups is 1. The Morgan fingerprint density at radius 1 is 1.31 bits per heavy atom. The molecule has 142 valence electrons. The minimum absolute atomic E-state index is 0.0388. The summed E-state index contributed by atoms with van der Waals surface area (Å²) in [5.41, 5.74) is 0. The van der Waals surface area contributed by atoms with Crippen LogP contribution in [0.5, 0.6) is 0 Å². The molecule has 8 nitrogen and oxygen atoms in total. The van der Waals surface area contributed by atoms with E-state index in [1.54, 1.807) is 18.7 Å². The Morgan fingerprint density at radius 3 is 2.50 bits per heavy atom. The van der Waals surface area contributed by atoms with Gasteiger partial charge in [0.1, 0.15) is 5.04 Å². The zero-order valence-electron chi connectivity index (χ0n) is 16.1. The quantitative estimate of drug-likeness (QED) is 0.673. The number of hydrogen-bond acceptors (Lipinski definition) is 6. The molecule has 2 aliphatic rings. The van der Waals surface area contributed by atoms with E-state index >= 15 is 0 Å². The number of carbonyl (C=O) groups is 3. The molecule has 9 heteroatoms. The predicted molar refractivity (Wildman–Crippen MR) is 103 cm³/mol. The molecule has 0 radical (unpaired) electrons. The van der Waals surface area contributed by atoms with Crippen molar-refractivity contribution in [2.45, 2.75) is 27.2 Å². The van der Waals surface area contributed by atoms with Crippen molar-refractivity contribution < 1.29 is 19.0 Å². The Hall–Kier alpha value is -2.03. The number of imide groups is 1. The average molecular weight is 380 g/mol. The van der Waals surface area contributed by atoms with Crippen molar-refractivity contribution in [3.05, 3.63) is 0 Å². The minimum Gasteiger partial charge on any atom is -0.348 e. The Morgan fingerprint density at radius 2 is 1.96 bits per heavy atom. The number of amides is 4. The molecule has 4 amide bonds. The zero-order valence-corrected chi connectivity index (χ0v) is 17.0. The van der Waals surface area contributed by atoms with E-state index in [2.05, 4.69) is 9.98 Å². The van der Waals surface area contributed by atoms with Gasteiger partial charge in [-0.05, 0) is 6.42 Å². The van der Waals surface area contributed by atoms with Gasteiger partial charge in [0.2, 0.25) is 11.7 Å². The van der Waals surface area contributed by atoms with Crippen LogP contribution in [0.25, 0.3) is 0 Å². The van der Waals surface area contributed by atoms with Crippen LogP contribution in [-0.4, -0.2) is 82.4 Å². The Bertz CT molecular complexity index is 724. The number of hydrogen-bond donors (Lipinski definition) is 0. The maximum atomic E-state index is 12.8. The second-order valence-corrected chi connectivity index (χ2v) is 7.77. The summed E-state index contributed by atoms with van der Waals surface area (Å²) in [6.07, 6.45) is 0.745. The van der Waals surface area contributed by atoms with Gasteiger partial charge >= 0.3 is 11.9 Å². The lowest BCUT2D eigenvalue weighted by Crippen LogP contribution is -2.56. The third-order valence-corrected chi connectivity index (χ3v) is 5.15. The molecule has 0 aromatic heterocycles. The number of nitrogens with zero attached hydrogens (tertiary/aromatic N) is 5. The van der Waals surface area contributed by atoms with E-state index in [1.807, 2.05) is 20.8 Å². The van der Waals surface area contributed by atoms with E-state index in [0.717, 1.165) is 11.3 Å². The summed E-state index contributed by atoms with van der Waals surface area (Å²) in [7, 11) is 4.84.